The van der Waals surface area contributed by atoms with Gasteiger partial charge in [0, 0.05) is 6.07 Å². The highest BCUT2D eigenvalue weighted by Gasteiger charge is 1.95. The maximum absolute atomic E-state index is 9.99. The normalized spacial score (nSPS) is 9.50. The number of aromatic nitrogens is 3. The minimum atomic E-state index is -0.0942. The molecule has 1 N–H and O–H groups in total. The van der Waals surface area contributed by atoms with Crippen LogP contribution in [0, 0.1) is 0 Å². The molecule has 0 spiro atoms. The average molecular weight is 128 g/mol. The van der Waals surface area contributed by atoms with E-state index in [9.17, 15) is 4.57 Å². The van der Waals surface area contributed by atoms with Crippen molar-refractivity contribution in [1.82, 2.24) is 10.3 Å². The van der Waals surface area contributed by atoms with Crippen LogP contribution < -0.4 is 10.5 Å². The summed E-state index contributed by atoms with van der Waals surface area (Å²) >= 11 is 0. The summed E-state index contributed by atoms with van der Waals surface area (Å²) < 4.78 is 9.99. The molecule has 0 unspecified atom stereocenters. The molecule has 0 aliphatic carbocycles. The van der Waals surface area contributed by atoms with E-state index >= 15 is 0 Å². The van der Waals surface area contributed by atoms with Crippen LogP contribution in [0.1, 0.15) is 0 Å². The first-order valence-corrected chi connectivity index (χ1v) is 2.78. The van der Waals surface area contributed by atoms with Gasteiger partial charge in [0.15, 0.2) is 0 Å². The van der Waals surface area contributed by atoms with Crippen molar-refractivity contribution >= 4 is 13.9 Å². The van der Waals surface area contributed by atoms with Gasteiger partial charge in [0.05, 0.1) is 5.10 Å². The first-order valence-electron chi connectivity index (χ1n) is 1.96. The van der Waals surface area contributed by atoms with Crippen LogP contribution in [0.5, 0.6) is 0 Å². The fourth-order valence-corrected chi connectivity index (χ4v) is 0.524. The Morgan fingerprint density at radius 1 is 1.75 bits per heavy atom. The van der Waals surface area contributed by atoms with Gasteiger partial charge in [-0.3, -0.25) is 4.57 Å². The maximum atomic E-state index is 9.99. The largest absolute Gasteiger partial charge is 0.273 e. The van der Waals surface area contributed by atoms with Gasteiger partial charge in [-0.25, -0.2) is 0 Å². The van der Waals surface area contributed by atoms with Crippen molar-refractivity contribution in [2.45, 2.75) is 0 Å². The highest BCUT2D eigenvalue weighted by molar-refractivity contribution is 7.33. The molecule has 8 heavy (non-hydrogen) atoms. The molecule has 1 aromatic heterocycles. The fraction of sp³-hybridized carbons (Fsp3) is 0. The van der Waals surface area contributed by atoms with Crippen LogP contribution in [-0.2, 0) is 4.57 Å². The molecule has 0 amide bonds. The number of nitrogens with one attached hydrogen (secondary N) is 1. The molecule has 0 saturated heterocycles. The highest BCUT2D eigenvalue weighted by atomic mass is 31.1. The molecule has 0 radical (unpaired) electrons. The average Bonchev–Trinajstić information content (AvgIpc) is 1.90. The Morgan fingerprint density at radius 3 is 3.00 bits per heavy atom. The lowest BCUT2D eigenvalue weighted by Gasteiger charge is -1.67. The van der Waals surface area contributed by atoms with E-state index < -0.39 is 0 Å². The minimum absolute atomic E-state index is 0.0942. The molecule has 0 fully saturated rings. The molecule has 40 valence electrons. The number of rotatable bonds is 1. The van der Waals surface area contributed by atoms with Crippen LogP contribution in [0.4, 0.5) is 0 Å². The summed E-state index contributed by atoms with van der Waals surface area (Å²) in [6, 6.07) is 1.58. The Morgan fingerprint density at radius 2 is 2.62 bits per heavy atom. The van der Waals surface area contributed by atoms with Crippen LogP contribution in [0.3, 0.4) is 0 Å². The Labute approximate surface area is 47.1 Å². The summed E-state index contributed by atoms with van der Waals surface area (Å²) in [6.07, 6.45) is 1.56. The second-order valence-electron chi connectivity index (χ2n) is 1.11. The van der Waals surface area contributed by atoms with Gasteiger partial charge in [0.2, 0.25) is 8.46 Å². The molecule has 0 aliphatic rings. The van der Waals surface area contributed by atoms with Gasteiger partial charge in [-0.05, 0) is 0 Å². The van der Waals surface area contributed by atoms with Gasteiger partial charge in [-0.2, -0.15) is 5.10 Å². The zero-order chi connectivity index (χ0) is 5.82. The monoisotopic (exact) mass is 128 g/mol. The molecule has 0 atom stereocenters. The SMILES string of the molecule is O=Pc1cc[nH+]nn1. The first-order chi connectivity index (χ1) is 3.93. The molecule has 0 aromatic carbocycles. The van der Waals surface area contributed by atoms with Crippen molar-refractivity contribution in [2.75, 3.05) is 0 Å². The third kappa shape index (κ3) is 1.04. The smallest absolute Gasteiger partial charge is 0.265 e. The first kappa shape index (κ1) is 5.25. The van der Waals surface area contributed by atoms with Crippen LogP contribution in [0.25, 0.3) is 0 Å². The number of hydrogen-bond acceptors (Lipinski definition) is 3. The van der Waals surface area contributed by atoms with Gasteiger partial charge in [-0.1, -0.05) is 0 Å². The zero-order valence-electron chi connectivity index (χ0n) is 3.90. The summed E-state index contributed by atoms with van der Waals surface area (Å²) in [7, 11) is -0.0942. The molecule has 5 heteroatoms. The summed E-state index contributed by atoms with van der Waals surface area (Å²) in [5.74, 6) is 0. The second kappa shape index (κ2) is 2.43. The number of nitrogens with zero attached hydrogens (tertiary/aromatic N) is 2. The Kier molecular flexibility index (Phi) is 1.59. The Bertz CT molecular complexity index is 177. The Balaban J connectivity index is 2.99. The third-order valence-electron chi connectivity index (χ3n) is 0.611. The van der Waals surface area contributed by atoms with Crippen molar-refractivity contribution in [3.05, 3.63) is 12.3 Å². The lowest BCUT2D eigenvalue weighted by molar-refractivity contribution is -0.463. The van der Waals surface area contributed by atoms with E-state index in [1.165, 1.54) is 0 Å². The van der Waals surface area contributed by atoms with Crippen molar-refractivity contribution < 1.29 is 9.66 Å². The van der Waals surface area contributed by atoms with Gasteiger partial charge < -0.3 is 0 Å². The van der Waals surface area contributed by atoms with E-state index in [4.69, 9.17) is 0 Å². The second-order valence-corrected chi connectivity index (χ2v) is 1.75. The molecular formula is C3H3N3OP+. The van der Waals surface area contributed by atoms with Crippen molar-refractivity contribution in [2.24, 2.45) is 0 Å². The van der Waals surface area contributed by atoms with Crippen molar-refractivity contribution in [3.63, 3.8) is 0 Å². The predicted octanol–water partition coefficient (Wildman–Crippen LogP) is -0.792. The summed E-state index contributed by atoms with van der Waals surface area (Å²) in [6.45, 7) is 0. The van der Waals surface area contributed by atoms with Crippen molar-refractivity contribution in [3.8, 4) is 0 Å². The quantitative estimate of drug-likeness (QED) is 0.465. The summed E-state index contributed by atoms with van der Waals surface area (Å²) in [5, 5.41) is 9.30. The maximum Gasteiger partial charge on any atom is 0.273 e. The summed E-state index contributed by atoms with van der Waals surface area (Å²) in [4.78, 5) is 0. The van der Waals surface area contributed by atoms with Gasteiger partial charge in [-0.15, -0.1) is 0 Å². The van der Waals surface area contributed by atoms with Gasteiger partial charge in [0.1, 0.15) is 11.4 Å². The molecule has 0 bridgehead atoms. The number of H-pyrrole nitrogens is 1. The fourth-order valence-electron chi connectivity index (χ4n) is 0.307. The predicted molar refractivity (Wildman–Crippen MR) is 25.8 cm³/mol. The van der Waals surface area contributed by atoms with Crippen LogP contribution in [-0.4, -0.2) is 10.3 Å². The molecule has 1 aromatic rings. The standard InChI is InChI=1S/C3H2N3OP/c7-8-3-1-2-4-6-5-3/h1-2H/p+1. The van der Waals surface area contributed by atoms with E-state index in [-0.39, 0.29) is 8.46 Å². The van der Waals surface area contributed by atoms with Crippen LogP contribution in [0.2, 0.25) is 0 Å². The zero-order valence-corrected chi connectivity index (χ0v) is 4.80. The molecule has 4 nitrogen and oxygen atoms in total. The Hall–Kier alpha value is -0.890. The topological polar surface area (TPSA) is 57.0 Å². The molecule has 0 saturated carbocycles. The van der Waals surface area contributed by atoms with Gasteiger partial charge >= 0.3 is 0 Å². The highest BCUT2D eigenvalue weighted by Crippen LogP contribution is 1.83. The molecule has 1 heterocycles. The van der Waals surface area contributed by atoms with Gasteiger partial charge in [0.25, 0.3) is 5.44 Å². The summed E-state index contributed by atoms with van der Waals surface area (Å²) in [5.41, 5.74) is 0.434. The lowest BCUT2D eigenvalue weighted by Crippen LogP contribution is -2.14. The molecular weight excluding hydrogens is 125 g/mol. The number of hydrogen-bond donors (Lipinski definition) is 0. The van der Waals surface area contributed by atoms with E-state index in [0.717, 1.165) is 0 Å². The van der Waals surface area contributed by atoms with E-state index in [0.29, 0.717) is 5.44 Å². The van der Waals surface area contributed by atoms with Crippen LogP contribution >= 0.6 is 8.46 Å². The lowest BCUT2D eigenvalue weighted by atomic mass is 10.7. The van der Waals surface area contributed by atoms with E-state index in [2.05, 4.69) is 15.4 Å². The van der Waals surface area contributed by atoms with Crippen molar-refractivity contribution in [1.29, 1.82) is 0 Å². The number of aromatic amines is 1. The molecule has 1 rings (SSSR count). The molecule has 0 aliphatic heterocycles. The van der Waals surface area contributed by atoms with E-state index in [1.54, 1.807) is 12.3 Å². The van der Waals surface area contributed by atoms with E-state index in [1.807, 2.05) is 0 Å². The third-order valence-corrected chi connectivity index (χ3v) is 1.04. The minimum Gasteiger partial charge on any atom is -0.265 e. The van der Waals surface area contributed by atoms with Crippen LogP contribution in [0.15, 0.2) is 12.3 Å².